The van der Waals surface area contributed by atoms with Gasteiger partial charge in [-0.05, 0) is 132 Å². The monoisotopic (exact) mass is 559 g/mol. The molecular formula is C37H53NO3. The van der Waals surface area contributed by atoms with Crippen LogP contribution < -0.4 is 5.32 Å². The van der Waals surface area contributed by atoms with Gasteiger partial charge in [0.25, 0.3) is 0 Å². The molecule has 4 saturated carbocycles. The Balaban J connectivity index is 1.42. The van der Waals surface area contributed by atoms with E-state index < -0.39 is 5.41 Å². The van der Waals surface area contributed by atoms with Gasteiger partial charge in [-0.1, -0.05) is 60.6 Å². The fourth-order valence-electron chi connectivity index (χ4n) is 11.9. The Hall–Kier alpha value is -1.94. The molecule has 4 heteroatoms. The van der Waals surface area contributed by atoms with E-state index >= 15 is 0 Å². The molecule has 0 radical (unpaired) electrons. The lowest BCUT2D eigenvalue weighted by molar-refractivity contribution is -0.228. The summed E-state index contributed by atoms with van der Waals surface area (Å²) in [5.74, 6) is 1.72. The largest absolute Gasteiger partial charge is 0.393 e. The Labute approximate surface area is 248 Å². The van der Waals surface area contributed by atoms with E-state index in [0.717, 1.165) is 61.8 Å². The molecule has 0 saturated heterocycles. The molecule has 5 aliphatic carbocycles. The van der Waals surface area contributed by atoms with E-state index in [1.807, 2.05) is 31.2 Å². The normalized spacial score (nSPS) is 43.2. The minimum Gasteiger partial charge on any atom is -0.393 e. The average molecular weight is 560 g/mol. The molecule has 0 bridgehead atoms. The summed E-state index contributed by atoms with van der Waals surface area (Å²) in [5.41, 5.74) is 3.71. The lowest BCUT2D eigenvalue weighted by atomic mass is 9.33. The van der Waals surface area contributed by atoms with Gasteiger partial charge in [-0.2, -0.15) is 0 Å². The van der Waals surface area contributed by atoms with Gasteiger partial charge in [-0.3, -0.25) is 9.59 Å². The van der Waals surface area contributed by atoms with Gasteiger partial charge >= 0.3 is 0 Å². The highest BCUT2D eigenvalue weighted by atomic mass is 16.3. The number of hydrogen-bond acceptors (Lipinski definition) is 3. The number of benzene rings is 1. The molecule has 2 N–H and O–H groups in total. The van der Waals surface area contributed by atoms with Crippen LogP contribution >= 0.6 is 0 Å². The van der Waals surface area contributed by atoms with Gasteiger partial charge in [-0.25, -0.2) is 0 Å². The molecule has 0 spiro atoms. The van der Waals surface area contributed by atoms with Crippen LogP contribution in [-0.2, 0) is 9.59 Å². The molecule has 0 aliphatic heterocycles. The number of anilines is 1. The third-order valence-electron chi connectivity index (χ3n) is 14.1. The molecular weight excluding hydrogens is 506 g/mol. The number of amides is 1. The van der Waals surface area contributed by atoms with E-state index in [-0.39, 0.29) is 51.3 Å². The second kappa shape index (κ2) is 9.28. The SMILES string of the molecule is Cc1cccc(NC(=O)[C@@]23CC[C@]4(C)C(CCC5[C@@]6(C)CC[C@H](O)C(C)(C)C6CC[C@]54C)C2=C(C(C)C)C(=O)C3)c1. The number of aliphatic hydroxyl groups is 1. The Morgan fingerprint density at radius 1 is 0.927 bits per heavy atom. The summed E-state index contributed by atoms with van der Waals surface area (Å²) in [5, 5.41) is 14.3. The van der Waals surface area contributed by atoms with Crippen LogP contribution in [0.5, 0.6) is 0 Å². The topological polar surface area (TPSA) is 66.4 Å². The fourth-order valence-corrected chi connectivity index (χ4v) is 11.9. The van der Waals surface area contributed by atoms with Crippen molar-refractivity contribution in [2.24, 2.45) is 50.7 Å². The van der Waals surface area contributed by atoms with Gasteiger partial charge in [0.15, 0.2) is 5.78 Å². The van der Waals surface area contributed by atoms with E-state index in [1.54, 1.807) is 0 Å². The number of aliphatic hydroxyl groups excluding tert-OH is 1. The zero-order valence-electron chi connectivity index (χ0n) is 26.8. The van der Waals surface area contributed by atoms with Crippen LogP contribution in [-0.4, -0.2) is 22.9 Å². The quantitative estimate of drug-likeness (QED) is 0.392. The molecule has 4 nitrogen and oxygen atoms in total. The van der Waals surface area contributed by atoms with Crippen LogP contribution in [0.2, 0.25) is 0 Å². The molecule has 0 aromatic heterocycles. The number of hydrogen-bond donors (Lipinski definition) is 2. The molecule has 6 rings (SSSR count). The maximum Gasteiger partial charge on any atom is 0.235 e. The Morgan fingerprint density at radius 3 is 2.34 bits per heavy atom. The minimum absolute atomic E-state index is 0.0233. The predicted octanol–water partition coefficient (Wildman–Crippen LogP) is 8.28. The summed E-state index contributed by atoms with van der Waals surface area (Å²) >= 11 is 0. The number of fused-ring (bicyclic) bond motifs is 7. The van der Waals surface area contributed by atoms with Crippen LogP contribution in [0.1, 0.15) is 112 Å². The maximum absolute atomic E-state index is 14.4. The standard InChI is InChI=1S/C37H53NO3/c1-22(2)30-26(39)21-37(32(41)38-24-11-9-10-23(3)20-24)19-18-35(7)25(31(30)37)12-13-28-34(6)16-15-29(40)33(4,5)27(34)14-17-36(28,35)8/h9-11,20,22,25,27-29,40H,12-19,21H2,1-8H3,(H,38,41)/t25?,27?,28?,29-,34-,35+,36+,37+/m0/s1. The number of carbonyl (C=O) groups is 2. The van der Waals surface area contributed by atoms with Crippen molar-refractivity contribution >= 4 is 17.4 Å². The zero-order valence-corrected chi connectivity index (χ0v) is 26.8. The maximum atomic E-state index is 14.4. The number of nitrogens with one attached hydrogen (secondary N) is 1. The van der Waals surface area contributed by atoms with E-state index in [1.165, 1.54) is 12.0 Å². The molecule has 4 fully saturated rings. The second-order valence-corrected chi connectivity index (χ2v) is 16.5. The molecule has 5 aliphatic rings. The molecule has 1 aromatic rings. The molecule has 0 heterocycles. The van der Waals surface area contributed by atoms with Crippen molar-refractivity contribution in [1.29, 1.82) is 0 Å². The van der Waals surface area contributed by atoms with E-state index in [9.17, 15) is 14.7 Å². The molecule has 8 atom stereocenters. The predicted molar refractivity (Wildman–Crippen MR) is 165 cm³/mol. The highest BCUT2D eigenvalue weighted by molar-refractivity contribution is 6.10. The van der Waals surface area contributed by atoms with Crippen LogP contribution in [0.4, 0.5) is 5.69 Å². The summed E-state index contributed by atoms with van der Waals surface area (Å²) in [4.78, 5) is 28.2. The average Bonchev–Trinajstić information content (AvgIpc) is 3.20. The minimum atomic E-state index is -0.730. The molecule has 3 unspecified atom stereocenters. The van der Waals surface area contributed by atoms with Gasteiger partial charge < -0.3 is 10.4 Å². The molecule has 1 amide bonds. The Bertz CT molecular complexity index is 1310. The van der Waals surface area contributed by atoms with Gasteiger partial charge in [0, 0.05) is 12.1 Å². The van der Waals surface area contributed by atoms with Crippen LogP contribution in [0.3, 0.4) is 0 Å². The van der Waals surface area contributed by atoms with Crippen molar-refractivity contribution in [3.05, 3.63) is 41.0 Å². The number of ketones is 1. The van der Waals surface area contributed by atoms with Crippen LogP contribution in [0.25, 0.3) is 0 Å². The first-order valence-corrected chi connectivity index (χ1v) is 16.5. The highest BCUT2D eigenvalue weighted by Crippen LogP contribution is 2.76. The highest BCUT2D eigenvalue weighted by Gasteiger charge is 2.70. The van der Waals surface area contributed by atoms with Crippen molar-refractivity contribution in [3.63, 3.8) is 0 Å². The van der Waals surface area contributed by atoms with Gasteiger partial charge in [0.1, 0.15) is 0 Å². The number of aryl methyl sites for hydroxylation is 1. The molecule has 41 heavy (non-hydrogen) atoms. The fraction of sp³-hybridized carbons (Fsp3) is 0.730. The first-order valence-electron chi connectivity index (χ1n) is 16.5. The van der Waals surface area contributed by atoms with E-state index in [0.29, 0.717) is 18.3 Å². The van der Waals surface area contributed by atoms with Crippen LogP contribution in [0, 0.1) is 57.7 Å². The first kappa shape index (κ1) is 29.1. The third kappa shape index (κ3) is 3.80. The number of Topliss-reactive ketones (excluding diaryl/α,β-unsaturated/α-hetero) is 1. The summed E-state index contributed by atoms with van der Waals surface area (Å²) in [6.07, 6.45) is 8.37. The van der Waals surface area contributed by atoms with Crippen molar-refractivity contribution in [1.82, 2.24) is 0 Å². The van der Waals surface area contributed by atoms with Crippen molar-refractivity contribution in [2.45, 2.75) is 119 Å². The van der Waals surface area contributed by atoms with Crippen molar-refractivity contribution in [2.75, 3.05) is 5.32 Å². The Kier molecular flexibility index (Phi) is 6.60. The smallest absolute Gasteiger partial charge is 0.235 e. The molecule has 224 valence electrons. The van der Waals surface area contributed by atoms with E-state index in [2.05, 4.69) is 53.8 Å². The van der Waals surface area contributed by atoms with Gasteiger partial charge in [0.05, 0.1) is 11.5 Å². The summed E-state index contributed by atoms with van der Waals surface area (Å²) in [6.45, 7) is 18.6. The lowest BCUT2D eigenvalue weighted by Crippen LogP contribution is -2.66. The number of allylic oxidation sites excluding steroid dienone is 1. The lowest BCUT2D eigenvalue weighted by Gasteiger charge is -2.72. The first-order chi connectivity index (χ1) is 19.1. The van der Waals surface area contributed by atoms with E-state index in [4.69, 9.17) is 0 Å². The summed E-state index contributed by atoms with van der Waals surface area (Å²) in [7, 11) is 0. The number of carbonyl (C=O) groups excluding carboxylic acids is 2. The molecule has 1 aromatic carbocycles. The Morgan fingerprint density at radius 2 is 1.66 bits per heavy atom. The van der Waals surface area contributed by atoms with Gasteiger partial charge in [-0.15, -0.1) is 0 Å². The number of rotatable bonds is 3. The summed E-state index contributed by atoms with van der Waals surface area (Å²) < 4.78 is 0. The van der Waals surface area contributed by atoms with Crippen molar-refractivity contribution in [3.8, 4) is 0 Å². The van der Waals surface area contributed by atoms with Gasteiger partial charge in [0.2, 0.25) is 5.91 Å². The van der Waals surface area contributed by atoms with Crippen molar-refractivity contribution < 1.29 is 14.7 Å². The zero-order chi connectivity index (χ0) is 29.8. The second-order valence-electron chi connectivity index (χ2n) is 16.5. The van der Waals surface area contributed by atoms with Crippen LogP contribution in [0.15, 0.2) is 35.4 Å². The third-order valence-corrected chi connectivity index (χ3v) is 14.1. The summed E-state index contributed by atoms with van der Waals surface area (Å²) in [6, 6.07) is 8.02.